The molecular weight excluding hydrogens is 298 g/mol. The zero-order valence-electron chi connectivity index (χ0n) is 12.4. The molecule has 1 N–H and O–H groups in total. The first-order valence-corrected chi connectivity index (χ1v) is 8.56. The van der Waals surface area contributed by atoms with Gasteiger partial charge in [-0.05, 0) is 24.6 Å². The average molecular weight is 326 g/mol. The largest absolute Gasteiger partial charge is 0.310 e. The van der Waals surface area contributed by atoms with Gasteiger partial charge in [-0.25, -0.2) is 0 Å². The summed E-state index contributed by atoms with van der Waals surface area (Å²) in [6.07, 6.45) is 9.44. The molecular formula is C17H28BrN. The Balaban J connectivity index is 2.39. The summed E-state index contributed by atoms with van der Waals surface area (Å²) in [6.45, 7) is 5.49. The fourth-order valence-electron chi connectivity index (χ4n) is 2.50. The Bertz CT molecular complexity index is 338. The molecule has 0 heterocycles. The van der Waals surface area contributed by atoms with Crippen molar-refractivity contribution in [2.75, 3.05) is 6.54 Å². The molecule has 0 spiro atoms. The van der Waals surface area contributed by atoms with Gasteiger partial charge in [0.2, 0.25) is 0 Å². The van der Waals surface area contributed by atoms with Crippen LogP contribution in [0.3, 0.4) is 0 Å². The number of nitrogens with one attached hydrogen (secondary N) is 1. The minimum Gasteiger partial charge on any atom is -0.310 e. The highest BCUT2D eigenvalue weighted by molar-refractivity contribution is 9.10. The predicted molar refractivity (Wildman–Crippen MR) is 88.6 cm³/mol. The highest BCUT2D eigenvalue weighted by atomic mass is 79.9. The van der Waals surface area contributed by atoms with E-state index in [0.717, 1.165) is 6.54 Å². The Labute approximate surface area is 127 Å². The van der Waals surface area contributed by atoms with E-state index in [4.69, 9.17) is 0 Å². The molecule has 1 aromatic rings. The Hall–Kier alpha value is -0.340. The van der Waals surface area contributed by atoms with E-state index in [1.54, 1.807) is 0 Å². The van der Waals surface area contributed by atoms with Crippen molar-refractivity contribution in [2.24, 2.45) is 0 Å². The number of unbranched alkanes of at least 4 members (excludes halogenated alkanes) is 5. The van der Waals surface area contributed by atoms with Crippen LogP contribution in [0.2, 0.25) is 0 Å². The molecule has 0 saturated heterocycles. The fourth-order valence-corrected chi connectivity index (χ4v) is 3.06. The lowest BCUT2D eigenvalue weighted by atomic mass is 9.99. The zero-order valence-corrected chi connectivity index (χ0v) is 14.0. The zero-order chi connectivity index (χ0) is 13.9. The molecule has 108 valence electrons. The third-order valence-corrected chi connectivity index (χ3v) is 4.30. The fraction of sp³-hybridized carbons (Fsp3) is 0.647. The number of hydrogen-bond acceptors (Lipinski definition) is 1. The summed E-state index contributed by atoms with van der Waals surface area (Å²) in [5.41, 5.74) is 1.40. The van der Waals surface area contributed by atoms with Crippen LogP contribution in [0.5, 0.6) is 0 Å². The smallest absolute Gasteiger partial charge is 0.0331 e. The van der Waals surface area contributed by atoms with Crippen molar-refractivity contribution in [2.45, 2.75) is 64.8 Å². The van der Waals surface area contributed by atoms with E-state index >= 15 is 0 Å². The molecule has 0 amide bonds. The summed E-state index contributed by atoms with van der Waals surface area (Å²) in [7, 11) is 0. The summed E-state index contributed by atoms with van der Waals surface area (Å²) in [6, 6.07) is 9.08. The lowest BCUT2D eigenvalue weighted by molar-refractivity contribution is 0.476. The predicted octanol–water partition coefficient (Wildman–Crippen LogP) is 5.85. The summed E-state index contributed by atoms with van der Waals surface area (Å²) >= 11 is 3.67. The van der Waals surface area contributed by atoms with Crippen LogP contribution in [0.1, 0.15) is 70.4 Å². The SMILES string of the molecule is CCCCCCCCC(NCC)c1ccccc1Br. The van der Waals surface area contributed by atoms with Crippen LogP contribution in [-0.2, 0) is 0 Å². The Morgan fingerprint density at radius 2 is 1.68 bits per heavy atom. The van der Waals surface area contributed by atoms with E-state index in [0.29, 0.717) is 6.04 Å². The second-order valence-electron chi connectivity index (χ2n) is 5.19. The van der Waals surface area contributed by atoms with Crippen LogP contribution in [-0.4, -0.2) is 6.54 Å². The molecule has 0 fully saturated rings. The highest BCUT2D eigenvalue weighted by Crippen LogP contribution is 2.27. The van der Waals surface area contributed by atoms with Crippen LogP contribution in [0.4, 0.5) is 0 Å². The van der Waals surface area contributed by atoms with E-state index in [2.05, 4.69) is 59.4 Å². The maximum atomic E-state index is 3.67. The van der Waals surface area contributed by atoms with Crippen LogP contribution >= 0.6 is 15.9 Å². The van der Waals surface area contributed by atoms with Crippen LogP contribution in [0.15, 0.2) is 28.7 Å². The first-order chi connectivity index (χ1) is 9.29. The molecule has 1 atom stereocenters. The quantitative estimate of drug-likeness (QED) is 0.532. The Kier molecular flexibility index (Phi) is 9.19. The van der Waals surface area contributed by atoms with Gasteiger partial charge in [0.15, 0.2) is 0 Å². The van der Waals surface area contributed by atoms with E-state index in [9.17, 15) is 0 Å². The van der Waals surface area contributed by atoms with Gasteiger partial charge in [-0.3, -0.25) is 0 Å². The van der Waals surface area contributed by atoms with Gasteiger partial charge in [-0.1, -0.05) is 86.5 Å². The van der Waals surface area contributed by atoms with Crippen molar-refractivity contribution >= 4 is 15.9 Å². The third kappa shape index (κ3) is 6.58. The van der Waals surface area contributed by atoms with Gasteiger partial charge < -0.3 is 5.32 Å². The molecule has 0 bridgehead atoms. The lowest BCUT2D eigenvalue weighted by Crippen LogP contribution is -2.21. The number of halogens is 1. The standard InChI is InChI=1S/C17H28BrN/c1-3-5-6-7-8-9-14-17(19-4-2)15-12-10-11-13-16(15)18/h10-13,17,19H,3-9,14H2,1-2H3. The van der Waals surface area contributed by atoms with Crippen molar-refractivity contribution in [1.29, 1.82) is 0 Å². The van der Waals surface area contributed by atoms with Gasteiger partial charge in [-0.2, -0.15) is 0 Å². The molecule has 0 radical (unpaired) electrons. The van der Waals surface area contributed by atoms with Crippen LogP contribution in [0.25, 0.3) is 0 Å². The average Bonchev–Trinajstić information content (AvgIpc) is 2.42. The van der Waals surface area contributed by atoms with E-state index in [-0.39, 0.29) is 0 Å². The van der Waals surface area contributed by atoms with Gasteiger partial charge in [0, 0.05) is 10.5 Å². The van der Waals surface area contributed by atoms with E-state index in [1.807, 2.05) is 0 Å². The maximum absolute atomic E-state index is 3.67. The number of rotatable bonds is 10. The lowest BCUT2D eigenvalue weighted by Gasteiger charge is -2.19. The molecule has 0 aliphatic carbocycles. The maximum Gasteiger partial charge on any atom is 0.0331 e. The van der Waals surface area contributed by atoms with E-state index in [1.165, 1.54) is 55.0 Å². The molecule has 1 rings (SSSR count). The van der Waals surface area contributed by atoms with E-state index < -0.39 is 0 Å². The van der Waals surface area contributed by atoms with Gasteiger partial charge in [-0.15, -0.1) is 0 Å². The normalized spacial score (nSPS) is 12.6. The monoisotopic (exact) mass is 325 g/mol. The minimum absolute atomic E-state index is 0.492. The second-order valence-corrected chi connectivity index (χ2v) is 6.04. The molecule has 0 aromatic heterocycles. The first kappa shape index (κ1) is 16.7. The van der Waals surface area contributed by atoms with Crippen LogP contribution < -0.4 is 5.32 Å². The van der Waals surface area contributed by atoms with Crippen molar-refractivity contribution < 1.29 is 0 Å². The Morgan fingerprint density at radius 1 is 1.00 bits per heavy atom. The van der Waals surface area contributed by atoms with Crippen molar-refractivity contribution in [3.05, 3.63) is 34.3 Å². The Morgan fingerprint density at radius 3 is 2.37 bits per heavy atom. The van der Waals surface area contributed by atoms with Crippen molar-refractivity contribution in [3.8, 4) is 0 Å². The second kappa shape index (κ2) is 10.4. The van der Waals surface area contributed by atoms with Gasteiger partial charge >= 0.3 is 0 Å². The van der Waals surface area contributed by atoms with Gasteiger partial charge in [0.25, 0.3) is 0 Å². The molecule has 19 heavy (non-hydrogen) atoms. The summed E-state index contributed by atoms with van der Waals surface area (Å²) < 4.78 is 1.23. The molecule has 1 unspecified atom stereocenters. The molecule has 2 heteroatoms. The van der Waals surface area contributed by atoms with Gasteiger partial charge in [0.1, 0.15) is 0 Å². The molecule has 1 nitrogen and oxygen atoms in total. The summed E-state index contributed by atoms with van der Waals surface area (Å²) in [5.74, 6) is 0. The van der Waals surface area contributed by atoms with Crippen LogP contribution in [0, 0.1) is 0 Å². The summed E-state index contributed by atoms with van der Waals surface area (Å²) in [5, 5.41) is 3.61. The highest BCUT2D eigenvalue weighted by Gasteiger charge is 2.12. The minimum atomic E-state index is 0.492. The molecule has 0 aliphatic rings. The number of hydrogen-bond donors (Lipinski definition) is 1. The molecule has 1 aromatic carbocycles. The molecule has 0 saturated carbocycles. The topological polar surface area (TPSA) is 12.0 Å². The number of benzene rings is 1. The van der Waals surface area contributed by atoms with Crippen molar-refractivity contribution in [1.82, 2.24) is 5.32 Å². The first-order valence-electron chi connectivity index (χ1n) is 7.77. The summed E-state index contributed by atoms with van der Waals surface area (Å²) in [4.78, 5) is 0. The third-order valence-electron chi connectivity index (χ3n) is 3.58. The molecule has 0 aliphatic heterocycles. The van der Waals surface area contributed by atoms with Crippen molar-refractivity contribution in [3.63, 3.8) is 0 Å². The van der Waals surface area contributed by atoms with Gasteiger partial charge in [0.05, 0.1) is 0 Å².